The zero-order valence-electron chi connectivity index (χ0n) is 25.8. The van der Waals surface area contributed by atoms with Gasteiger partial charge in [-0.2, -0.15) is 0 Å². The average Bonchev–Trinajstić information content (AvgIpc) is 3.41. The van der Waals surface area contributed by atoms with Crippen molar-refractivity contribution < 1.29 is 4.39 Å². The van der Waals surface area contributed by atoms with Crippen LogP contribution in [0.25, 0.3) is 11.1 Å². The number of hydrogen-bond acceptors (Lipinski definition) is 2. The van der Waals surface area contributed by atoms with Crippen molar-refractivity contribution in [3.8, 4) is 0 Å². The average molecular weight is 572 g/mol. The highest BCUT2D eigenvalue weighted by molar-refractivity contribution is 5.83. The first-order chi connectivity index (χ1) is 20.7. The fourth-order valence-electron chi connectivity index (χ4n) is 4.66. The standard InChI is InChI=1S/C39H42FN3/c1-9-15-36(34-21-23-35(40)24-22-34)38-30(7)42-39(43-38)29(6)28(5)37(41-8)25-18-27(4)33(11-3)26-31(10-2)19-20-32-16-13-12-14-17-32/h9-18,21-26,41H,1-2,5-6,19-20H2,3-4,7-8H3,(H,42,43)/b27-18+,31-26+,33-11+,36-15-,37-25+. The van der Waals surface area contributed by atoms with E-state index in [2.05, 4.69) is 86.0 Å². The lowest BCUT2D eigenvalue weighted by atomic mass is 9.98. The molecule has 4 heteroatoms. The monoisotopic (exact) mass is 571 g/mol. The van der Waals surface area contributed by atoms with E-state index in [9.17, 15) is 4.39 Å². The molecule has 0 radical (unpaired) electrons. The normalized spacial score (nSPS) is 13.1. The van der Waals surface area contributed by atoms with Crippen molar-refractivity contribution in [2.24, 2.45) is 0 Å². The van der Waals surface area contributed by atoms with Gasteiger partial charge in [0.2, 0.25) is 0 Å². The molecule has 2 aromatic carbocycles. The number of aryl methyl sites for hydroxylation is 2. The van der Waals surface area contributed by atoms with Gasteiger partial charge in [-0.3, -0.25) is 0 Å². The van der Waals surface area contributed by atoms with E-state index in [4.69, 9.17) is 4.98 Å². The first-order valence-electron chi connectivity index (χ1n) is 14.4. The number of hydrogen-bond donors (Lipinski definition) is 2. The Balaban J connectivity index is 1.81. The van der Waals surface area contributed by atoms with Crippen molar-refractivity contribution in [3.05, 3.63) is 186 Å². The molecule has 0 spiro atoms. The summed E-state index contributed by atoms with van der Waals surface area (Å²) in [4.78, 5) is 8.21. The van der Waals surface area contributed by atoms with Gasteiger partial charge in [0.25, 0.3) is 0 Å². The third kappa shape index (κ3) is 8.76. The second-order valence-electron chi connectivity index (χ2n) is 10.2. The first-order valence-corrected chi connectivity index (χ1v) is 14.4. The highest BCUT2D eigenvalue weighted by Gasteiger charge is 2.17. The number of nitrogens with one attached hydrogen (secondary N) is 2. The van der Waals surface area contributed by atoms with E-state index in [1.54, 1.807) is 18.2 Å². The Labute approximate surface area is 256 Å². The van der Waals surface area contributed by atoms with Gasteiger partial charge in [0, 0.05) is 35.2 Å². The van der Waals surface area contributed by atoms with Gasteiger partial charge in [-0.25, -0.2) is 9.37 Å². The van der Waals surface area contributed by atoms with E-state index in [0.29, 0.717) is 11.4 Å². The maximum absolute atomic E-state index is 13.6. The van der Waals surface area contributed by atoms with Gasteiger partial charge >= 0.3 is 0 Å². The first kappa shape index (κ1) is 32.6. The third-order valence-corrected chi connectivity index (χ3v) is 7.24. The summed E-state index contributed by atoms with van der Waals surface area (Å²) in [5.74, 6) is 0.325. The van der Waals surface area contributed by atoms with Gasteiger partial charge in [-0.1, -0.05) is 105 Å². The summed E-state index contributed by atoms with van der Waals surface area (Å²) in [5.41, 5.74) is 10.2. The van der Waals surface area contributed by atoms with E-state index >= 15 is 0 Å². The topological polar surface area (TPSA) is 40.7 Å². The van der Waals surface area contributed by atoms with Crippen molar-refractivity contribution >= 4 is 11.1 Å². The van der Waals surface area contributed by atoms with Gasteiger partial charge in [0.15, 0.2) is 0 Å². The zero-order valence-corrected chi connectivity index (χ0v) is 25.8. The van der Waals surface area contributed by atoms with Gasteiger partial charge in [0.1, 0.15) is 11.6 Å². The number of likely N-dealkylation sites (N-methyl/N-ethyl adjacent to an activating group) is 1. The molecule has 3 nitrogen and oxygen atoms in total. The van der Waals surface area contributed by atoms with Crippen LogP contribution in [0.2, 0.25) is 0 Å². The molecule has 0 aliphatic carbocycles. The van der Waals surface area contributed by atoms with Crippen LogP contribution in [-0.4, -0.2) is 17.0 Å². The number of H-pyrrole nitrogens is 1. The number of allylic oxidation sites excluding steroid dienone is 11. The fourth-order valence-corrected chi connectivity index (χ4v) is 4.66. The summed E-state index contributed by atoms with van der Waals surface area (Å²) in [7, 11) is 1.86. The third-order valence-electron chi connectivity index (χ3n) is 7.24. The molecule has 0 fully saturated rings. The predicted molar refractivity (Wildman–Crippen MR) is 183 cm³/mol. The SMILES string of the molecule is C=C/C=C(/c1ccc(F)cc1)c1nc(C(=C)C(=C)\C(=C/C=C(C)/C(/C=C(\C=C)CCc2ccccc2)=C/C)NC)[nH]c1C. The number of rotatable bonds is 14. The summed E-state index contributed by atoms with van der Waals surface area (Å²) in [6, 6.07) is 16.8. The summed E-state index contributed by atoms with van der Waals surface area (Å²) >= 11 is 0. The van der Waals surface area contributed by atoms with Crippen molar-refractivity contribution in [1.82, 2.24) is 15.3 Å². The van der Waals surface area contributed by atoms with Gasteiger partial charge < -0.3 is 10.3 Å². The Kier molecular flexibility index (Phi) is 12.0. The fraction of sp³-hybridized carbons (Fsp3) is 0.154. The van der Waals surface area contributed by atoms with Crippen LogP contribution < -0.4 is 5.32 Å². The number of aromatic amines is 1. The molecule has 0 atom stereocenters. The molecule has 0 saturated carbocycles. The Bertz CT molecular complexity index is 1620. The molecule has 2 N–H and O–H groups in total. The number of halogens is 1. The van der Waals surface area contributed by atoms with Gasteiger partial charge in [-0.05, 0) is 79.7 Å². The van der Waals surface area contributed by atoms with Crippen molar-refractivity contribution in [2.45, 2.75) is 33.6 Å². The Morgan fingerprint density at radius 2 is 1.70 bits per heavy atom. The van der Waals surface area contributed by atoms with Crippen LogP contribution in [0.15, 0.2) is 151 Å². The number of benzene rings is 2. The Morgan fingerprint density at radius 3 is 2.30 bits per heavy atom. The van der Waals surface area contributed by atoms with E-state index in [1.807, 2.05) is 45.2 Å². The predicted octanol–water partition coefficient (Wildman–Crippen LogP) is 9.79. The molecule has 0 bridgehead atoms. The number of imidazole rings is 1. The molecule has 220 valence electrons. The second kappa shape index (κ2) is 15.9. The van der Waals surface area contributed by atoms with Crippen molar-refractivity contribution in [2.75, 3.05) is 7.05 Å². The highest BCUT2D eigenvalue weighted by atomic mass is 19.1. The quantitative estimate of drug-likeness (QED) is 0.189. The second-order valence-corrected chi connectivity index (χ2v) is 10.2. The van der Waals surface area contributed by atoms with Crippen molar-refractivity contribution in [1.29, 1.82) is 0 Å². The number of aromatic nitrogens is 2. The van der Waals surface area contributed by atoms with E-state index in [1.165, 1.54) is 23.3 Å². The van der Waals surface area contributed by atoms with E-state index in [-0.39, 0.29) is 5.82 Å². The van der Waals surface area contributed by atoms with Crippen LogP contribution in [0.3, 0.4) is 0 Å². The molecule has 1 heterocycles. The lowest BCUT2D eigenvalue weighted by Crippen LogP contribution is -2.09. The zero-order chi connectivity index (χ0) is 31.4. The van der Waals surface area contributed by atoms with E-state index < -0.39 is 0 Å². The van der Waals surface area contributed by atoms with Crippen LogP contribution in [0.4, 0.5) is 4.39 Å². The minimum Gasteiger partial charge on any atom is -0.388 e. The Hall–Kier alpha value is -4.96. The van der Waals surface area contributed by atoms with Crippen molar-refractivity contribution in [3.63, 3.8) is 0 Å². The molecule has 0 aliphatic rings. The molecule has 0 saturated heterocycles. The Morgan fingerprint density at radius 1 is 1.00 bits per heavy atom. The molecule has 3 aromatic rings. The van der Waals surface area contributed by atoms with E-state index in [0.717, 1.165) is 57.8 Å². The lowest BCUT2D eigenvalue weighted by Gasteiger charge is -2.12. The molecule has 0 unspecified atom stereocenters. The van der Waals surface area contributed by atoms with Crippen LogP contribution in [0.1, 0.15) is 48.6 Å². The summed E-state index contributed by atoms with van der Waals surface area (Å²) in [5, 5.41) is 3.25. The van der Waals surface area contributed by atoms with Crippen LogP contribution in [0, 0.1) is 12.7 Å². The highest BCUT2D eigenvalue weighted by Crippen LogP contribution is 2.29. The number of nitrogens with zero attached hydrogens (tertiary/aromatic N) is 1. The molecular weight excluding hydrogens is 529 g/mol. The van der Waals surface area contributed by atoms with Crippen LogP contribution in [0.5, 0.6) is 0 Å². The molecule has 0 amide bonds. The molecule has 0 aliphatic heterocycles. The maximum Gasteiger partial charge on any atom is 0.138 e. The minimum absolute atomic E-state index is 0.289. The summed E-state index contributed by atoms with van der Waals surface area (Å²) < 4.78 is 13.6. The summed E-state index contributed by atoms with van der Waals surface area (Å²) in [6.45, 7) is 22.6. The lowest BCUT2D eigenvalue weighted by molar-refractivity contribution is 0.627. The minimum atomic E-state index is -0.289. The van der Waals surface area contributed by atoms with Gasteiger partial charge in [0.05, 0.1) is 5.69 Å². The molecular formula is C39H42FN3. The molecule has 43 heavy (non-hydrogen) atoms. The van der Waals surface area contributed by atoms with Crippen LogP contribution >= 0.6 is 0 Å². The van der Waals surface area contributed by atoms with Gasteiger partial charge in [-0.15, -0.1) is 0 Å². The smallest absolute Gasteiger partial charge is 0.138 e. The molecule has 3 rings (SSSR count). The molecule has 1 aromatic heterocycles. The largest absolute Gasteiger partial charge is 0.388 e. The van der Waals surface area contributed by atoms with Crippen LogP contribution in [-0.2, 0) is 6.42 Å². The summed E-state index contributed by atoms with van der Waals surface area (Å²) in [6.07, 6.45) is 15.8. The maximum atomic E-state index is 13.6.